The molecule has 0 radical (unpaired) electrons. The monoisotopic (exact) mass is 391 g/mol. The zero-order chi connectivity index (χ0) is 17.9. The predicted octanol–water partition coefficient (Wildman–Crippen LogP) is 4.06. The Hall–Kier alpha value is -1.77. The quantitative estimate of drug-likeness (QED) is 0.778. The van der Waals surface area contributed by atoms with Crippen LogP contribution in [0, 0.1) is 12.8 Å². The molecular weight excluding hydrogens is 372 g/mol. The van der Waals surface area contributed by atoms with E-state index in [-0.39, 0.29) is 30.0 Å². The van der Waals surface area contributed by atoms with Crippen LogP contribution < -0.4 is 15.8 Å². The highest BCUT2D eigenvalue weighted by atomic mass is 35.5. The number of rotatable bonds is 6. The number of hydrogen-bond donors (Lipinski definition) is 2. The van der Waals surface area contributed by atoms with Gasteiger partial charge in [0.1, 0.15) is 5.75 Å². The van der Waals surface area contributed by atoms with Crippen molar-refractivity contribution in [2.24, 2.45) is 11.7 Å². The number of halogens is 3. The maximum Gasteiger partial charge on any atom is 0.387 e. The van der Waals surface area contributed by atoms with Crippen LogP contribution in [0.15, 0.2) is 24.3 Å². The number of amides is 1. The molecule has 0 bridgehead atoms. The Bertz CT molecular complexity index is 708. The molecular formula is C16H20ClF2N3O2S. The summed E-state index contributed by atoms with van der Waals surface area (Å²) < 4.78 is 28.7. The van der Waals surface area contributed by atoms with Gasteiger partial charge in [-0.2, -0.15) is 8.78 Å². The number of alkyl halides is 2. The van der Waals surface area contributed by atoms with Gasteiger partial charge in [-0.05, 0) is 37.1 Å². The fourth-order valence-electron chi connectivity index (χ4n) is 2.00. The Morgan fingerprint density at radius 2 is 1.88 bits per heavy atom. The van der Waals surface area contributed by atoms with Crippen molar-refractivity contribution in [1.29, 1.82) is 0 Å². The van der Waals surface area contributed by atoms with E-state index in [1.165, 1.54) is 23.5 Å². The van der Waals surface area contributed by atoms with E-state index in [0.29, 0.717) is 10.8 Å². The number of carbonyl (C=O) groups excluding carboxylic acids is 1. The summed E-state index contributed by atoms with van der Waals surface area (Å²) in [5.41, 5.74) is 7.24. The van der Waals surface area contributed by atoms with Gasteiger partial charge < -0.3 is 15.8 Å². The van der Waals surface area contributed by atoms with Crippen LogP contribution in [0.5, 0.6) is 5.75 Å². The predicted molar refractivity (Wildman–Crippen MR) is 97.6 cm³/mol. The molecule has 0 unspecified atom stereocenters. The lowest BCUT2D eigenvalue weighted by Gasteiger charge is -2.13. The summed E-state index contributed by atoms with van der Waals surface area (Å²) >= 11 is 1.33. The first-order valence-electron chi connectivity index (χ1n) is 7.37. The first-order valence-corrected chi connectivity index (χ1v) is 8.18. The second-order valence-corrected chi connectivity index (χ2v) is 6.79. The largest absolute Gasteiger partial charge is 0.435 e. The van der Waals surface area contributed by atoms with E-state index in [1.807, 2.05) is 20.8 Å². The number of anilines is 1. The molecule has 2 aromatic rings. The molecule has 1 amide bonds. The second kappa shape index (κ2) is 9.07. The summed E-state index contributed by atoms with van der Waals surface area (Å²) in [6, 6.07) is 5.58. The number of aryl methyl sites for hydroxylation is 1. The minimum absolute atomic E-state index is 0. The van der Waals surface area contributed by atoms with E-state index in [0.717, 1.165) is 10.4 Å². The van der Waals surface area contributed by atoms with Crippen LogP contribution in [-0.4, -0.2) is 23.5 Å². The Balaban J connectivity index is 0.00000312. The molecule has 1 heterocycles. The number of benzene rings is 1. The lowest BCUT2D eigenvalue weighted by molar-refractivity contribution is -0.118. The van der Waals surface area contributed by atoms with Crippen molar-refractivity contribution in [1.82, 2.24) is 4.98 Å². The molecule has 0 saturated carbocycles. The van der Waals surface area contributed by atoms with E-state index in [1.54, 1.807) is 12.1 Å². The molecule has 9 heteroatoms. The number of nitrogens with one attached hydrogen (secondary N) is 1. The van der Waals surface area contributed by atoms with Gasteiger partial charge in [0.05, 0.1) is 11.7 Å². The number of nitrogens with zero attached hydrogens (tertiary/aromatic N) is 1. The van der Waals surface area contributed by atoms with Crippen molar-refractivity contribution in [3.63, 3.8) is 0 Å². The number of hydrogen-bond acceptors (Lipinski definition) is 5. The molecule has 1 atom stereocenters. The molecule has 1 aromatic heterocycles. The maximum absolute atomic E-state index is 12.2. The zero-order valence-corrected chi connectivity index (χ0v) is 15.6. The maximum atomic E-state index is 12.2. The van der Waals surface area contributed by atoms with Crippen LogP contribution in [-0.2, 0) is 4.79 Å². The van der Waals surface area contributed by atoms with Gasteiger partial charge in [-0.3, -0.25) is 4.79 Å². The molecule has 138 valence electrons. The van der Waals surface area contributed by atoms with Gasteiger partial charge in [0.15, 0.2) is 5.13 Å². The topological polar surface area (TPSA) is 77.2 Å². The van der Waals surface area contributed by atoms with Gasteiger partial charge in [0, 0.05) is 10.4 Å². The summed E-state index contributed by atoms with van der Waals surface area (Å²) in [5, 5.41) is 3.17. The third-order valence-corrected chi connectivity index (χ3v) is 4.29. The molecule has 1 aromatic carbocycles. The Kier molecular flexibility index (Phi) is 7.72. The Morgan fingerprint density at radius 3 is 2.40 bits per heavy atom. The molecule has 0 fully saturated rings. The molecule has 2 rings (SSSR count). The van der Waals surface area contributed by atoms with Crippen LogP contribution in [0.2, 0.25) is 0 Å². The van der Waals surface area contributed by atoms with Crippen molar-refractivity contribution in [3.05, 3.63) is 29.1 Å². The van der Waals surface area contributed by atoms with Gasteiger partial charge in [-0.25, -0.2) is 4.98 Å². The van der Waals surface area contributed by atoms with E-state index in [2.05, 4.69) is 15.0 Å². The zero-order valence-electron chi connectivity index (χ0n) is 14.0. The number of carbonyl (C=O) groups is 1. The molecule has 3 N–H and O–H groups in total. The smallest absolute Gasteiger partial charge is 0.387 e. The van der Waals surface area contributed by atoms with Crippen molar-refractivity contribution < 1.29 is 18.3 Å². The summed E-state index contributed by atoms with van der Waals surface area (Å²) in [6.45, 7) is 2.75. The fourth-order valence-corrected chi connectivity index (χ4v) is 2.84. The highest BCUT2D eigenvalue weighted by Gasteiger charge is 2.19. The molecule has 0 aliphatic rings. The average Bonchev–Trinajstić information content (AvgIpc) is 2.87. The van der Waals surface area contributed by atoms with Crippen LogP contribution in [0.3, 0.4) is 0 Å². The standard InChI is InChI=1S/C16H19F2N3O2S.ClH/c1-8(2)12(19)14(22)21-16-20-13(9(3)24-16)10-4-6-11(7-5-10)23-15(17)18;/h4-8,12,15H,19H2,1-3H3,(H,20,21,22);1H/t12-;/m0./s1. The van der Waals surface area contributed by atoms with E-state index in [9.17, 15) is 13.6 Å². The first kappa shape index (κ1) is 21.3. The first-order chi connectivity index (χ1) is 11.3. The summed E-state index contributed by atoms with van der Waals surface area (Å²) in [4.78, 5) is 17.3. The molecule has 0 saturated heterocycles. The summed E-state index contributed by atoms with van der Waals surface area (Å²) in [7, 11) is 0. The van der Waals surface area contributed by atoms with Crippen molar-refractivity contribution in [2.75, 3.05) is 5.32 Å². The minimum atomic E-state index is -2.86. The van der Waals surface area contributed by atoms with Gasteiger partial charge in [0.2, 0.25) is 5.91 Å². The summed E-state index contributed by atoms with van der Waals surface area (Å²) in [5.74, 6) is -0.183. The van der Waals surface area contributed by atoms with Crippen LogP contribution in [0.25, 0.3) is 11.3 Å². The van der Waals surface area contributed by atoms with E-state index in [4.69, 9.17) is 5.73 Å². The average molecular weight is 392 g/mol. The van der Waals surface area contributed by atoms with Gasteiger partial charge in [-0.15, -0.1) is 23.7 Å². The second-order valence-electron chi connectivity index (χ2n) is 5.59. The molecule has 0 spiro atoms. The third kappa shape index (κ3) is 5.62. The van der Waals surface area contributed by atoms with Crippen molar-refractivity contribution >= 4 is 34.8 Å². The fraction of sp³-hybridized carbons (Fsp3) is 0.375. The van der Waals surface area contributed by atoms with Gasteiger partial charge in [0.25, 0.3) is 0 Å². The number of nitrogens with two attached hydrogens (primary N) is 1. The van der Waals surface area contributed by atoms with Crippen LogP contribution >= 0.6 is 23.7 Å². The number of thiazole rings is 1. The Morgan fingerprint density at radius 1 is 1.28 bits per heavy atom. The lowest BCUT2D eigenvalue weighted by Crippen LogP contribution is -2.39. The van der Waals surface area contributed by atoms with Crippen molar-refractivity contribution in [3.8, 4) is 17.0 Å². The SMILES string of the molecule is Cc1sc(NC(=O)[C@@H](N)C(C)C)nc1-c1ccc(OC(F)F)cc1.Cl. The number of aromatic nitrogens is 1. The van der Waals surface area contributed by atoms with Crippen LogP contribution in [0.4, 0.5) is 13.9 Å². The van der Waals surface area contributed by atoms with E-state index < -0.39 is 12.7 Å². The normalized spacial score (nSPS) is 12.0. The molecule has 0 aliphatic carbocycles. The third-order valence-electron chi connectivity index (χ3n) is 3.40. The lowest BCUT2D eigenvalue weighted by atomic mass is 10.1. The summed E-state index contributed by atoms with van der Waals surface area (Å²) in [6.07, 6.45) is 0. The highest BCUT2D eigenvalue weighted by molar-refractivity contribution is 7.16. The van der Waals surface area contributed by atoms with Crippen LogP contribution in [0.1, 0.15) is 18.7 Å². The molecule has 25 heavy (non-hydrogen) atoms. The minimum Gasteiger partial charge on any atom is -0.435 e. The van der Waals surface area contributed by atoms with Gasteiger partial charge >= 0.3 is 6.61 Å². The van der Waals surface area contributed by atoms with E-state index >= 15 is 0 Å². The Labute approximate surface area is 155 Å². The van der Waals surface area contributed by atoms with Gasteiger partial charge in [-0.1, -0.05) is 13.8 Å². The van der Waals surface area contributed by atoms with Crippen molar-refractivity contribution in [2.45, 2.75) is 33.4 Å². The molecule has 5 nitrogen and oxygen atoms in total. The molecule has 0 aliphatic heterocycles. The highest BCUT2D eigenvalue weighted by Crippen LogP contribution is 2.31. The number of ether oxygens (including phenoxy) is 1.